The van der Waals surface area contributed by atoms with Gasteiger partial charge in [0, 0.05) is 18.3 Å². The van der Waals surface area contributed by atoms with Crippen molar-refractivity contribution in [3.63, 3.8) is 0 Å². The maximum Gasteiger partial charge on any atom is 0.269 e. The van der Waals surface area contributed by atoms with E-state index in [1.165, 1.54) is 12.1 Å². The molecule has 1 heterocycles. The number of pyridine rings is 1. The summed E-state index contributed by atoms with van der Waals surface area (Å²) in [5.74, 6) is 1.53. The van der Waals surface area contributed by atoms with Crippen LogP contribution in [0.25, 0.3) is 12.2 Å². The lowest BCUT2D eigenvalue weighted by atomic mass is 10.2. The highest BCUT2D eigenvalue weighted by Gasteiger charge is 2.04. The summed E-state index contributed by atoms with van der Waals surface area (Å²) in [5.41, 5.74) is 2.11. The minimum Gasteiger partial charge on any atom is -0.494 e. The van der Waals surface area contributed by atoms with Crippen LogP contribution in [0.2, 0.25) is 0 Å². The number of unbranched alkanes of at least 4 members (excludes halogenated alkanes) is 3. The van der Waals surface area contributed by atoms with E-state index in [0.717, 1.165) is 42.7 Å². The van der Waals surface area contributed by atoms with Crippen LogP contribution >= 0.6 is 0 Å². The minimum atomic E-state index is -0.416. The highest BCUT2D eigenvalue weighted by molar-refractivity contribution is 5.68. The number of rotatable bonds is 12. The Morgan fingerprint density at radius 2 is 1.39 bits per heavy atom. The van der Waals surface area contributed by atoms with Crippen LogP contribution < -0.4 is 9.47 Å². The molecule has 1 aromatic heterocycles. The Balaban J connectivity index is 1.25. The van der Waals surface area contributed by atoms with Gasteiger partial charge in [-0.3, -0.25) is 15.1 Å². The van der Waals surface area contributed by atoms with Crippen molar-refractivity contribution < 1.29 is 14.4 Å². The summed E-state index contributed by atoms with van der Waals surface area (Å²) in [4.78, 5) is 14.5. The van der Waals surface area contributed by atoms with Crippen molar-refractivity contribution >= 4 is 17.8 Å². The fourth-order valence-corrected chi connectivity index (χ4v) is 2.93. The third-order valence-electron chi connectivity index (χ3n) is 4.64. The van der Waals surface area contributed by atoms with Gasteiger partial charge in [0.15, 0.2) is 0 Å². The molecule has 0 fully saturated rings. The molecule has 0 saturated heterocycles. The molecule has 31 heavy (non-hydrogen) atoms. The Bertz CT molecular complexity index is 955. The van der Waals surface area contributed by atoms with Crippen molar-refractivity contribution in [2.45, 2.75) is 25.7 Å². The van der Waals surface area contributed by atoms with Gasteiger partial charge < -0.3 is 9.47 Å². The Labute approximate surface area is 182 Å². The van der Waals surface area contributed by atoms with Crippen molar-refractivity contribution in [1.82, 2.24) is 4.98 Å². The topological polar surface area (TPSA) is 74.5 Å². The third-order valence-corrected chi connectivity index (χ3v) is 4.64. The molecule has 0 bridgehead atoms. The molecule has 0 saturated carbocycles. The first-order chi connectivity index (χ1) is 15.2. The molecule has 0 amide bonds. The molecular weight excluding hydrogens is 392 g/mol. The highest BCUT2D eigenvalue weighted by atomic mass is 16.6. The molecule has 0 aliphatic rings. The first-order valence-corrected chi connectivity index (χ1v) is 10.4. The Morgan fingerprint density at radius 1 is 0.774 bits per heavy atom. The molecule has 3 rings (SSSR count). The van der Waals surface area contributed by atoms with Crippen LogP contribution in [0.5, 0.6) is 11.5 Å². The summed E-state index contributed by atoms with van der Waals surface area (Å²) in [6.45, 7) is 1.29. The van der Waals surface area contributed by atoms with Crippen LogP contribution in [0.3, 0.4) is 0 Å². The van der Waals surface area contributed by atoms with Crippen LogP contribution in [-0.2, 0) is 0 Å². The lowest BCUT2D eigenvalue weighted by molar-refractivity contribution is -0.384. The fourth-order valence-electron chi connectivity index (χ4n) is 2.93. The van der Waals surface area contributed by atoms with Gasteiger partial charge in [-0.25, -0.2) is 0 Å². The van der Waals surface area contributed by atoms with Gasteiger partial charge in [0.25, 0.3) is 5.69 Å². The molecule has 2 aromatic carbocycles. The van der Waals surface area contributed by atoms with E-state index in [-0.39, 0.29) is 5.69 Å². The zero-order valence-corrected chi connectivity index (χ0v) is 17.4. The number of hydrogen-bond donors (Lipinski definition) is 0. The quantitative estimate of drug-likeness (QED) is 0.199. The number of nitrogens with zero attached hydrogens (tertiary/aromatic N) is 2. The van der Waals surface area contributed by atoms with Gasteiger partial charge >= 0.3 is 0 Å². The van der Waals surface area contributed by atoms with Gasteiger partial charge in [0.05, 0.1) is 23.8 Å². The number of benzene rings is 2. The number of nitro groups is 1. The van der Waals surface area contributed by atoms with E-state index in [2.05, 4.69) is 4.98 Å². The van der Waals surface area contributed by atoms with E-state index in [0.29, 0.717) is 19.0 Å². The second-order valence-electron chi connectivity index (χ2n) is 7.02. The van der Waals surface area contributed by atoms with E-state index in [1.807, 2.05) is 54.6 Å². The van der Waals surface area contributed by atoms with Crippen molar-refractivity contribution in [2.75, 3.05) is 13.2 Å². The third kappa shape index (κ3) is 7.93. The average Bonchev–Trinajstić information content (AvgIpc) is 2.81. The monoisotopic (exact) mass is 418 g/mol. The Hall–Kier alpha value is -3.67. The molecule has 0 unspecified atom stereocenters. The average molecular weight is 418 g/mol. The number of ether oxygens (including phenoxy) is 2. The zero-order valence-electron chi connectivity index (χ0n) is 17.4. The summed E-state index contributed by atoms with van der Waals surface area (Å²) in [6, 6.07) is 20.0. The summed E-state index contributed by atoms with van der Waals surface area (Å²) in [7, 11) is 0. The van der Waals surface area contributed by atoms with E-state index < -0.39 is 4.92 Å². The molecule has 6 heteroatoms. The van der Waals surface area contributed by atoms with Crippen LogP contribution in [-0.4, -0.2) is 23.1 Å². The first kappa shape index (κ1) is 22.0. The normalized spacial score (nSPS) is 10.8. The number of nitro benzene ring substituents is 1. The van der Waals surface area contributed by atoms with Gasteiger partial charge in [-0.15, -0.1) is 0 Å². The van der Waals surface area contributed by atoms with Crippen LogP contribution in [0.15, 0.2) is 72.9 Å². The summed E-state index contributed by atoms with van der Waals surface area (Å²) >= 11 is 0. The van der Waals surface area contributed by atoms with Crippen LogP contribution in [0.4, 0.5) is 5.69 Å². The van der Waals surface area contributed by atoms with Crippen molar-refractivity contribution in [3.8, 4) is 11.5 Å². The van der Waals surface area contributed by atoms with Crippen molar-refractivity contribution in [3.05, 3.63) is 94.3 Å². The summed E-state index contributed by atoms with van der Waals surface area (Å²) < 4.78 is 11.4. The molecule has 0 N–H and O–H groups in total. The zero-order chi connectivity index (χ0) is 21.7. The van der Waals surface area contributed by atoms with Gasteiger partial charge in [-0.05, 0) is 73.7 Å². The number of hydrogen-bond acceptors (Lipinski definition) is 5. The van der Waals surface area contributed by atoms with Crippen LogP contribution in [0, 0.1) is 10.1 Å². The number of non-ortho nitro benzene ring substituents is 1. The summed E-state index contributed by atoms with van der Waals surface area (Å²) in [5, 5.41) is 10.6. The number of aromatic nitrogens is 1. The molecule has 0 spiro atoms. The molecule has 0 radical (unpaired) electrons. The standard InChI is InChI=1S/C25H26N2O4/c28-27(29)23-12-16-25(17-13-23)31-20-6-2-1-5-19-30-24-14-9-21(10-15-24)8-11-22-7-3-4-18-26-22/h3-4,7-18H,1-2,5-6,19-20H2/b11-8+. The smallest absolute Gasteiger partial charge is 0.269 e. The highest BCUT2D eigenvalue weighted by Crippen LogP contribution is 2.18. The lowest BCUT2D eigenvalue weighted by Gasteiger charge is -2.07. The maximum atomic E-state index is 10.6. The second-order valence-corrected chi connectivity index (χ2v) is 7.02. The maximum absolute atomic E-state index is 10.6. The van der Waals surface area contributed by atoms with Crippen molar-refractivity contribution in [2.24, 2.45) is 0 Å². The molecule has 3 aromatic rings. The predicted molar refractivity (Wildman–Crippen MR) is 122 cm³/mol. The Morgan fingerprint density at radius 3 is 1.94 bits per heavy atom. The van der Waals surface area contributed by atoms with E-state index in [1.54, 1.807) is 18.3 Å². The molecular formula is C25H26N2O4. The van der Waals surface area contributed by atoms with Gasteiger partial charge in [0.2, 0.25) is 0 Å². The van der Waals surface area contributed by atoms with Crippen molar-refractivity contribution in [1.29, 1.82) is 0 Å². The lowest BCUT2D eigenvalue weighted by Crippen LogP contribution is -2.00. The summed E-state index contributed by atoms with van der Waals surface area (Å²) in [6.07, 6.45) is 9.84. The van der Waals surface area contributed by atoms with Gasteiger partial charge in [-0.1, -0.05) is 24.3 Å². The van der Waals surface area contributed by atoms with Gasteiger partial charge in [0.1, 0.15) is 11.5 Å². The molecule has 0 atom stereocenters. The fraction of sp³-hybridized carbons (Fsp3) is 0.240. The first-order valence-electron chi connectivity index (χ1n) is 10.4. The second kappa shape index (κ2) is 12.1. The van der Waals surface area contributed by atoms with Gasteiger partial charge in [-0.2, -0.15) is 0 Å². The molecule has 160 valence electrons. The van der Waals surface area contributed by atoms with E-state index in [4.69, 9.17) is 9.47 Å². The minimum absolute atomic E-state index is 0.0722. The molecule has 0 aliphatic heterocycles. The van der Waals surface area contributed by atoms with E-state index >= 15 is 0 Å². The van der Waals surface area contributed by atoms with Crippen LogP contribution in [0.1, 0.15) is 36.9 Å². The molecule has 6 nitrogen and oxygen atoms in total. The Kier molecular flexibility index (Phi) is 8.61. The largest absolute Gasteiger partial charge is 0.494 e. The molecule has 0 aliphatic carbocycles. The SMILES string of the molecule is O=[N+]([O-])c1ccc(OCCCCCCOc2ccc(/C=C/c3ccccn3)cc2)cc1. The predicted octanol–water partition coefficient (Wildman–Crippen LogP) is 6.18. The van der Waals surface area contributed by atoms with E-state index in [9.17, 15) is 10.1 Å².